The van der Waals surface area contributed by atoms with Crippen molar-refractivity contribution in [2.24, 2.45) is 5.10 Å². The third-order valence-electron chi connectivity index (χ3n) is 2.45. The van der Waals surface area contributed by atoms with Gasteiger partial charge in [-0.05, 0) is 29.8 Å². The van der Waals surface area contributed by atoms with E-state index in [1.807, 2.05) is 0 Å². The van der Waals surface area contributed by atoms with Crippen molar-refractivity contribution in [3.63, 3.8) is 0 Å². The summed E-state index contributed by atoms with van der Waals surface area (Å²) in [7, 11) is 0. The van der Waals surface area contributed by atoms with Crippen molar-refractivity contribution in [3.05, 3.63) is 63.2 Å². The first kappa shape index (κ1) is 13.8. The van der Waals surface area contributed by atoms with E-state index in [9.17, 15) is 15.2 Å². The number of hydrogen-bond donors (Lipinski definition) is 1. The van der Waals surface area contributed by atoms with E-state index in [1.54, 1.807) is 24.3 Å². The van der Waals surface area contributed by atoms with Crippen LogP contribution in [0.1, 0.15) is 5.56 Å². The lowest BCUT2D eigenvalue weighted by Crippen LogP contribution is -1.99. The largest absolute Gasteiger partial charge is 0.872 e. The van der Waals surface area contributed by atoms with Crippen LogP contribution in [0.2, 0.25) is 5.02 Å². The van der Waals surface area contributed by atoms with Crippen LogP contribution in [0.25, 0.3) is 0 Å². The molecule has 0 spiro atoms. The highest BCUT2D eigenvalue weighted by Gasteiger charge is 2.05. The molecule has 0 bridgehead atoms. The maximum atomic E-state index is 11.5. The number of nitro groups is 1. The third-order valence-corrected chi connectivity index (χ3v) is 2.70. The lowest BCUT2D eigenvalue weighted by Gasteiger charge is -2.08. The fourth-order valence-corrected chi connectivity index (χ4v) is 1.58. The number of benzene rings is 2. The topological polar surface area (TPSA) is 90.6 Å². The molecule has 6 nitrogen and oxygen atoms in total. The van der Waals surface area contributed by atoms with Gasteiger partial charge in [-0.2, -0.15) is 5.10 Å². The minimum Gasteiger partial charge on any atom is -0.872 e. The number of hydrazone groups is 1. The van der Waals surface area contributed by atoms with Crippen LogP contribution in [0.5, 0.6) is 5.75 Å². The summed E-state index contributed by atoms with van der Waals surface area (Å²) in [5, 5.41) is 26.6. The van der Waals surface area contributed by atoms with Crippen molar-refractivity contribution in [3.8, 4) is 5.75 Å². The first-order chi connectivity index (χ1) is 9.56. The molecule has 0 saturated carbocycles. The Bertz CT molecular complexity index is 656. The van der Waals surface area contributed by atoms with E-state index in [4.69, 9.17) is 11.6 Å². The van der Waals surface area contributed by atoms with E-state index in [2.05, 4.69) is 10.5 Å². The Morgan fingerprint density at radius 3 is 2.55 bits per heavy atom. The van der Waals surface area contributed by atoms with Crippen LogP contribution in [0.3, 0.4) is 0 Å². The van der Waals surface area contributed by atoms with Crippen molar-refractivity contribution in [2.75, 3.05) is 5.43 Å². The summed E-state index contributed by atoms with van der Waals surface area (Å²) in [5.41, 5.74) is 3.37. The van der Waals surface area contributed by atoms with E-state index in [-0.39, 0.29) is 17.0 Å². The standard InChI is InChI=1S/C13H10ClN3O3/c14-10-1-3-11(4-2-10)16-15-8-9-7-12(17(19)20)5-6-13(9)18/h1-8,16,18H/p-1/b15-8-. The summed E-state index contributed by atoms with van der Waals surface area (Å²) < 4.78 is 0. The molecule has 0 saturated heterocycles. The van der Waals surface area contributed by atoms with Gasteiger partial charge in [0.2, 0.25) is 0 Å². The number of nitrogens with zero attached hydrogens (tertiary/aromatic N) is 2. The number of halogens is 1. The number of nitro benzene ring substituents is 1. The molecular formula is C13H9ClN3O3-. The number of non-ortho nitro benzene ring substituents is 1. The minimum atomic E-state index is -0.566. The molecule has 0 fully saturated rings. The highest BCUT2D eigenvalue weighted by Crippen LogP contribution is 2.19. The maximum absolute atomic E-state index is 11.5. The summed E-state index contributed by atoms with van der Waals surface area (Å²) in [4.78, 5) is 10.1. The maximum Gasteiger partial charge on any atom is 0.270 e. The molecule has 2 aromatic rings. The van der Waals surface area contributed by atoms with E-state index in [1.165, 1.54) is 12.3 Å². The van der Waals surface area contributed by atoms with Gasteiger partial charge in [-0.25, -0.2) is 0 Å². The molecule has 0 radical (unpaired) electrons. The van der Waals surface area contributed by atoms with E-state index >= 15 is 0 Å². The van der Waals surface area contributed by atoms with Crippen molar-refractivity contribution in [1.82, 2.24) is 0 Å². The average Bonchev–Trinajstić information content (AvgIpc) is 2.43. The fraction of sp³-hybridized carbons (Fsp3) is 0. The van der Waals surface area contributed by atoms with Crippen LogP contribution in [0, 0.1) is 10.1 Å². The first-order valence-corrected chi connectivity index (χ1v) is 5.94. The molecule has 102 valence electrons. The van der Waals surface area contributed by atoms with Crippen molar-refractivity contribution < 1.29 is 10.0 Å². The SMILES string of the molecule is O=[N+]([O-])c1ccc([O-])c(/C=N\Nc2ccc(Cl)cc2)c1. The molecule has 7 heteroatoms. The zero-order chi connectivity index (χ0) is 14.5. The van der Waals surface area contributed by atoms with Gasteiger partial charge in [-0.15, -0.1) is 0 Å². The van der Waals surface area contributed by atoms with Gasteiger partial charge in [0.05, 0.1) is 16.8 Å². The highest BCUT2D eigenvalue weighted by molar-refractivity contribution is 6.30. The lowest BCUT2D eigenvalue weighted by atomic mass is 10.2. The Kier molecular flexibility index (Phi) is 4.17. The molecule has 2 aromatic carbocycles. The predicted molar refractivity (Wildman–Crippen MR) is 75.2 cm³/mol. The van der Waals surface area contributed by atoms with Gasteiger partial charge in [0.15, 0.2) is 0 Å². The van der Waals surface area contributed by atoms with E-state index in [0.29, 0.717) is 10.7 Å². The number of hydrogen-bond acceptors (Lipinski definition) is 5. The monoisotopic (exact) mass is 290 g/mol. The van der Waals surface area contributed by atoms with Gasteiger partial charge >= 0.3 is 0 Å². The molecule has 0 heterocycles. The van der Waals surface area contributed by atoms with Crippen LogP contribution >= 0.6 is 11.6 Å². The van der Waals surface area contributed by atoms with Gasteiger partial charge < -0.3 is 5.11 Å². The molecule has 0 aliphatic carbocycles. The molecule has 0 aliphatic heterocycles. The quantitative estimate of drug-likeness (QED) is 0.532. The highest BCUT2D eigenvalue weighted by atomic mass is 35.5. The molecule has 1 N–H and O–H groups in total. The summed E-state index contributed by atoms with van der Waals surface area (Å²) in [6, 6.07) is 10.3. The Hall–Kier alpha value is -2.60. The molecule has 0 aliphatic rings. The summed E-state index contributed by atoms with van der Waals surface area (Å²) in [6.07, 6.45) is 1.24. The van der Waals surface area contributed by atoms with Gasteiger partial charge in [0.25, 0.3) is 5.69 Å². The molecule has 20 heavy (non-hydrogen) atoms. The summed E-state index contributed by atoms with van der Waals surface area (Å²) >= 11 is 5.74. The fourth-order valence-electron chi connectivity index (χ4n) is 1.45. The van der Waals surface area contributed by atoms with Crippen LogP contribution in [0.15, 0.2) is 47.6 Å². The van der Waals surface area contributed by atoms with Gasteiger partial charge in [0.1, 0.15) is 0 Å². The molecule has 0 aromatic heterocycles. The average molecular weight is 291 g/mol. The lowest BCUT2D eigenvalue weighted by molar-refractivity contribution is -0.385. The van der Waals surface area contributed by atoms with Crippen molar-refractivity contribution >= 4 is 29.2 Å². The zero-order valence-electron chi connectivity index (χ0n) is 10.1. The van der Waals surface area contributed by atoms with E-state index < -0.39 is 4.92 Å². The zero-order valence-corrected chi connectivity index (χ0v) is 10.9. The van der Waals surface area contributed by atoms with Crippen molar-refractivity contribution in [1.29, 1.82) is 0 Å². The molecule has 0 atom stereocenters. The second kappa shape index (κ2) is 6.03. The Labute approximate surface area is 119 Å². The van der Waals surface area contributed by atoms with Gasteiger partial charge in [-0.1, -0.05) is 23.4 Å². The second-order valence-electron chi connectivity index (χ2n) is 3.86. The van der Waals surface area contributed by atoms with Gasteiger partial charge in [0, 0.05) is 17.2 Å². The number of rotatable bonds is 4. The Morgan fingerprint density at radius 1 is 1.20 bits per heavy atom. The van der Waals surface area contributed by atoms with Gasteiger partial charge in [-0.3, -0.25) is 15.5 Å². The third kappa shape index (κ3) is 3.46. The van der Waals surface area contributed by atoms with Crippen molar-refractivity contribution in [2.45, 2.75) is 0 Å². The van der Waals surface area contributed by atoms with Crippen LogP contribution in [-0.4, -0.2) is 11.1 Å². The molecular weight excluding hydrogens is 282 g/mol. The smallest absolute Gasteiger partial charge is 0.270 e. The normalized spacial score (nSPS) is 10.7. The predicted octanol–water partition coefficient (Wildman–Crippen LogP) is 2.77. The summed E-state index contributed by atoms with van der Waals surface area (Å²) in [6.45, 7) is 0. The minimum absolute atomic E-state index is 0.140. The van der Waals surface area contributed by atoms with Crippen LogP contribution in [0.4, 0.5) is 11.4 Å². The van der Waals surface area contributed by atoms with E-state index in [0.717, 1.165) is 12.1 Å². The second-order valence-corrected chi connectivity index (χ2v) is 4.29. The Morgan fingerprint density at radius 2 is 1.90 bits per heavy atom. The number of anilines is 1. The first-order valence-electron chi connectivity index (χ1n) is 5.56. The van der Waals surface area contributed by atoms with Crippen LogP contribution < -0.4 is 10.5 Å². The molecule has 0 unspecified atom stereocenters. The van der Waals surface area contributed by atoms with Crippen LogP contribution in [-0.2, 0) is 0 Å². The molecule has 2 rings (SSSR count). The number of nitrogens with one attached hydrogen (secondary N) is 1. The molecule has 0 amide bonds. The Balaban J connectivity index is 2.12. The summed E-state index contributed by atoms with van der Waals surface area (Å²) in [5.74, 6) is -0.336.